The highest BCUT2D eigenvalue weighted by Gasteiger charge is 2.29. The standard InChI is InChI=1S/C16H27N5O.3ClH/c1-12-15(13(2)19(3)18-12)11-20-6-8-21(9-7-20)16(22)14-4-5-17-10-14;;;/h14,17H,4-11H2,1-3H3;3*1H. The lowest BCUT2D eigenvalue weighted by Gasteiger charge is -2.36. The highest BCUT2D eigenvalue weighted by atomic mass is 35.5. The van der Waals surface area contributed by atoms with Crippen molar-refractivity contribution in [2.75, 3.05) is 39.3 Å². The van der Waals surface area contributed by atoms with E-state index in [0.717, 1.165) is 57.9 Å². The fourth-order valence-electron chi connectivity index (χ4n) is 3.52. The molecule has 0 bridgehead atoms. The first kappa shape index (κ1) is 24.5. The SMILES string of the molecule is Cc1nn(C)c(C)c1CN1CCN(C(=O)C2CCNC2)CC1.Cl.Cl.Cl. The summed E-state index contributed by atoms with van der Waals surface area (Å²) >= 11 is 0. The lowest BCUT2D eigenvalue weighted by molar-refractivity contribution is -0.136. The molecule has 1 aromatic rings. The van der Waals surface area contributed by atoms with Gasteiger partial charge in [-0.1, -0.05) is 0 Å². The van der Waals surface area contributed by atoms with Gasteiger partial charge in [-0.2, -0.15) is 5.10 Å². The van der Waals surface area contributed by atoms with Crippen LogP contribution in [0, 0.1) is 19.8 Å². The number of aromatic nitrogens is 2. The average molecular weight is 415 g/mol. The van der Waals surface area contributed by atoms with Crippen molar-refractivity contribution in [1.82, 2.24) is 24.9 Å². The molecular formula is C16H30Cl3N5O. The van der Waals surface area contributed by atoms with Crippen LogP contribution in [0.1, 0.15) is 23.4 Å². The van der Waals surface area contributed by atoms with Gasteiger partial charge in [0.05, 0.1) is 11.6 Å². The fourth-order valence-corrected chi connectivity index (χ4v) is 3.52. The van der Waals surface area contributed by atoms with Gasteiger partial charge in [0.1, 0.15) is 0 Å². The van der Waals surface area contributed by atoms with Crippen molar-refractivity contribution in [3.8, 4) is 0 Å². The Morgan fingerprint density at radius 3 is 2.28 bits per heavy atom. The molecule has 3 rings (SSSR count). The Morgan fingerprint density at radius 2 is 1.80 bits per heavy atom. The Hall–Kier alpha value is -0.530. The minimum absolute atomic E-state index is 0. The van der Waals surface area contributed by atoms with E-state index in [1.165, 1.54) is 11.3 Å². The minimum Gasteiger partial charge on any atom is -0.340 e. The Morgan fingerprint density at radius 1 is 1.16 bits per heavy atom. The Labute approximate surface area is 168 Å². The minimum atomic E-state index is 0. The molecule has 1 unspecified atom stereocenters. The molecular weight excluding hydrogens is 385 g/mol. The first-order valence-electron chi connectivity index (χ1n) is 8.27. The number of amides is 1. The quantitative estimate of drug-likeness (QED) is 0.815. The van der Waals surface area contributed by atoms with Gasteiger partial charge < -0.3 is 10.2 Å². The van der Waals surface area contributed by atoms with Crippen molar-refractivity contribution in [2.45, 2.75) is 26.8 Å². The van der Waals surface area contributed by atoms with Crippen molar-refractivity contribution in [2.24, 2.45) is 13.0 Å². The summed E-state index contributed by atoms with van der Waals surface area (Å²) in [6.07, 6.45) is 0.993. The van der Waals surface area contributed by atoms with Crippen LogP contribution in [0.2, 0.25) is 0 Å². The van der Waals surface area contributed by atoms with E-state index in [1.807, 2.05) is 11.7 Å². The molecule has 2 aliphatic rings. The monoisotopic (exact) mass is 413 g/mol. The highest BCUT2D eigenvalue weighted by molar-refractivity contribution is 5.86. The number of carbonyl (C=O) groups excluding carboxylic acids is 1. The van der Waals surface area contributed by atoms with Gasteiger partial charge in [-0.25, -0.2) is 0 Å². The molecule has 1 aromatic heterocycles. The number of hydrogen-bond donors (Lipinski definition) is 1. The molecule has 1 N–H and O–H groups in total. The predicted octanol–water partition coefficient (Wildman–Crippen LogP) is 1.56. The zero-order valence-electron chi connectivity index (χ0n) is 15.2. The number of hydrogen-bond acceptors (Lipinski definition) is 4. The van der Waals surface area contributed by atoms with Gasteiger partial charge in [-0.15, -0.1) is 37.2 Å². The van der Waals surface area contributed by atoms with Crippen LogP contribution in [0.4, 0.5) is 0 Å². The van der Waals surface area contributed by atoms with Gasteiger partial charge in [0.25, 0.3) is 0 Å². The number of halogens is 3. The molecule has 6 nitrogen and oxygen atoms in total. The van der Waals surface area contributed by atoms with Crippen molar-refractivity contribution in [3.05, 3.63) is 17.0 Å². The third-order valence-electron chi connectivity index (χ3n) is 5.13. The van der Waals surface area contributed by atoms with Gasteiger partial charge in [-0.05, 0) is 26.8 Å². The van der Waals surface area contributed by atoms with Crippen molar-refractivity contribution >= 4 is 43.1 Å². The van der Waals surface area contributed by atoms with Gasteiger partial charge >= 0.3 is 0 Å². The molecule has 0 aliphatic carbocycles. The van der Waals surface area contributed by atoms with E-state index in [9.17, 15) is 4.79 Å². The van der Waals surface area contributed by atoms with E-state index in [1.54, 1.807) is 0 Å². The van der Waals surface area contributed by atoms with Crippen LogP contribution in [-0.2, 0) is 18.4 Å². The maximum Gasteiger partial charge on any atom is 0.227 e. The van der Waals surface area contributed by atoms with Gasteiger partial charge in [0.2, 0.25) is 5.91 Å². The zero-order valence-corrected chi connectivity index (χ0v) is 17.6. The number of carbonyl (C=O) groups is 1. The summed E-state index contributed by atoms with van der Waals surface area (Å²) in [6, 6.07) is 0. The molecule has 0 radical (unpaired) electrons. The van der Waals surface area contributed by atoms with E-state index in [2.05, 4.69) is 34.1 Å². The first-order chi connectivity index (χ1) is 10.6. The lowest BCUT2D eigenvalue weighted by atomic mass is 10.1. The second-order valence-electron chi connectivity index (χ2n) is 6.56. The third kappa shape index (κ3) is 5.47. The van der Waals surface area contributed by atoms with Gasteiger partial charge in [-0.3, -0.25) is 14.4 Å². The Balaban J connectivity index is 0.00000192. The molecule has 9 heteroatoms. The van der Waals surface area contributed by atoms with Crippen molar-refractivity contribution < 1.29 is 4.79 Å². The van der Waals surface area contributed by atoms with Crippen LogP contribution >= 0.6 is 37.2 Å². The van der Waals surface area contributed by atoms with E-state index < -0.39 is 0 Å². The van der Waals surface area contributed by atoms with Crippen molar-refractivity contribution in [3.63, 3.8) is 0 Å². The molecule has 1 atom stereocenters. The van der Waals surface area contributed by atoms with Crippen LogP contribution in [0.25, 0.3) is 0 Å². The van der Waals surface area contributed by atoms with Crippen LogP contribution in [0.5, 0.6) is 0 Å². The molecule has 25 heavy (non-hydrogen) atoms. The summed E-state index contributed by atoms with van der Waals surface area (Å²) in [4.78, 5) is 16.9. The molecule has 2 saturated heterocycles. The Kier molecular flexibility index (Phi) is 10.4. The molecule has 0 saturated carbocycles. The maximum atomic E-state index is 12.4. The molecule has 146 valence electrons. The number of piperazine rings is 1. The van der Waals surface area contributed by atoms with Crippen LogP contribution in [-0.4, -0.2) is 64.8 Å². The molecule has 0 aromatic carbocycles. The summed E-state index contributed by atoms with van der Waals surface area (Å²) in [6.45, 7) is 10.6. The first-order valence-corrected chi connectivity index (χ1v) is 8.27. The van der Waals surface area contributed by atoms with Crippen LogP contribution in [0.15, 0.2) is 0 Å². The number of aryl methyl sites for hydroxylation is 2. The van der Waals surface area contributed by atoms with Crippen LogP contribution < -0.4 is 5.32 Å². The summed E-state index contributed by atoms with van der Waals surface area (Å²) in [7, 11) is 2.00. The van der Waals surface area contributed by atoms with E-state index in [0.29, 0.717) is 5.91 Å². The van der Waals surface area contributed by atoms with E-state index in [-0.39, 0.29) is 43.1 Å². The summed E-state index contributed by atoms with van der Waals surface area (Å²) in [5.74, 6) is 0.549. The molecule has 1 amide bonds. The highest BCUT2D eigenvalue weighted by Crippen LogP contribution is 2.18. The molecule has 2 aliphatic heterocycles. The zero-order chi connectivity index (χ0) is 15.7. The molecule has 0 spiro atoms. The second-order valence-corrected chi connectivity index (χ2v) is 6.56. The summed E-state index contributed by atoms with van der Waals surface area (Å²) in [5, 5.41) is 7.77. The normalized spacial score (nSPS) is 20.4. The smallest absolute Gasteiger partial charge is 0.227 e. The third-order valence-corrected chi connectivity index (χ3v) is 5.13. The molecule has 3 heterocycles. The van der Waals surface area contributed by atoms with Crippen LogP contribution in [0.3, 0.4) is 0 Å². The second kappa shape index (κ2) is 10.6. The van der Waals surface area contributed by atoms with Gasteiger partial charge in [0, 0.05) is 57.6 Å². The molecule has 2 fully saturated rings. The number of nitrogens with zero attached hydrogens (tertiary/aromatic N) is 4. The van der Waals surface area contributed by atoms with Crippen molar-refractivity contribution in [1.29, 1.82) is 0 Å². The lowest BCUT2D eigenvalue weighted by Crippen LogP contribution is -2.50. The predicted molar refractivity (Wildman–Crippen MR) is 107 cm³/mol. The fraction of sp³-hybridized carbons (Fsp3) is 0.750. The average Bonchev–Trinajstić information content (AvgIpc) is 3.12. The largest absolute Gasteiger partial charge is 0.340 e. The summed E-state index contributed by atoms with van der Waals surface area (Å²) < 4.78 is 1.96. The Bertz CT molecular complexity index is 552. The van der Waals surface area contributed by atoms with E-state index >= 15 is 0 Å². The van der Waals surface area contributed by atoms with Gasteiger partial charge in [0.15, 0.2) is 0 Å². The topological polar surface area (TPSA) is 53.4 Å². The maximum absolute atomic E-state index is 12.4. The number of nitrogens with one attached hydrogen (secondary N) is 1. The summed E-state index contributed by atoms with van der Waals surface area (Å²) in [5.41, 5.74) is 3.70. The number of rotatable bonds is 3. The van der Waals surface area contributed by atoms with E-state index in [4.69, 9.17) is 0 Å².